The molecule has 5 heteroatoms. The van der Waals surface area contributed by atoms with Crippen LogP contribution in [0.15, 0.2) is 36.4 Å². The molecule has 0 aliphatic rings. The Labute approximate surface area is 139 Å². The highest BCUT2D eigenvalue weighted by Crippen LogP contribution is 2.38. The van der Waals surface area contributed by atoms with Crippen LogP contribution in [0, 0.1) is 0 Å². The fraction of sp³-hybridized carbons (Fsp3) is 0.368. The summed E-state index contributed by atoms with van der Waals surface area (Å²) in [7, 11) is 0. The molecule has 130 valence electrons. The van der Waals surface area contributed by atoms with Gasteiger partial charge in [0.1, 0.15) is 11.5 Å². The largest absolute Gasteiger partial charge is 0.573 e. The minimum Gasteiger partial charge on any atom is -0.507 e. The Balaban J connectivity index is 2.44. The van der Waals surface area contributed by atoms with Crippen LogP contribution >= 0.6 is 0 Å². The van der Waals surface area contributed by atoms with Gasteiger partial charge in [-0.3, -0.25) is 0 Å². The molecule has 2 aromatic rings. The first-order valence-electron chi connectivity index (χ1n) is 7.81. The topological polar surface area (TPSA) is 29.5 Å². The molecule has 2 nitrogen and oxygen atoms in total. The lowest BCUT2D eigenvalue weighted by molar-refractivity contribution is -0.274. The number of ether oxygens (including phenoxy) is 1. The molecule has 0 aliphatic heterocycles. The summed E-state index contributed by atoms with van der Waals surface area (Å²) >= 11 is 0. The molecule has 0 unspecified atom stereocenters. The van der Waals surface area contributed by atoms with Gasteiger partial charge in [0.05, 0.1) is 0 Å². The molecule has 0 amide bonds. The van der Waals surface area contributed by atoms with E-state index in [9.17, 15) is 18.3 Å². The van der Waals surface area contributed by atoms with Gasteiger partial charge in [-0.2, -0.15) is 0 Å². The number of phenols is 1. The number of halogens is 3. The summed E-state index contributed by atoms with van der Waals surface area (Å²) in [6.07, 6.45) is -4.70. The highest BCUT2D eigenvalue weighted by Gasteiger charge is 2.31. The van der Waals surface area contributed by atoms with Crippen LogP contribution in [0.25, 0.3) is 11.1 Å². The lowest BCUT2D eigenvalue weighted by atomic mass is 9.89. The Hall–Kier alpha value is -2.17. The van der Waals surface area contributed by atoms with Crippen molar-refractivity contribution in [2.75, 3.05) is 0 Å². The van der Waals surface area contributed by atoms with Crippen molar-refractivity contribution in [3.05, 3.63) is 47.5 Å². The molecule has 0 spiro atoms. The van der Waals surface area contributed by atoms with Crippen LogP contribution in [-0.2, 0) is 0 Å². The van der Waals surface area contributed by atoms with Gasteiger partial charge in [-0.05, 0) is 58.4 Å². The van der Waals surface area contributed by atoms with Crippen LogP contribution in [0.3, 0.4) is 0 Å². The van der Waals surface area contributed by atoms with Crippen LogP contribution in [0.4, 0.5) is 13.2 Å². The molecule has 2 aromatic carbocycles. The molecule has 0 fully saturated rings. The highest BCUT2D eigenvalue weighted by atomic mass is 19.4. The zero-order valence-corrected chi connectivity index (χ0v) is 14.1. The average Bonchev–Trinajstić information content (AvgIpc) is 2.46. The van der Waals surface area contributed by atoms with Crippen LogP contribution in [0.1, 0.15) is 50.7 Å². The van der Waals surface area contributed by atoms with Crippen molar-refractivity contribution in [1.29, 1.82) is 0 Å². The van der Waals surface area contributed by atoms with Crippen molar-refractivity contribution in [2.45, 2.75) is 45.9 Å². The van der Waals surface area contributed by atoms with Crippen molar-refractivity contribution >= 4 is 0 Å². The maximum absolute atomic E-state index is 12.2. The van der Waals surface area contributed by atoms with Gasteiger partial charge < -0.3 is 9.84 Å². The molecule has 24 heavy (non-hydrogen) atoms. The number of aromatic hydroxyl groups is 1. The van der Waals surface area contributed by atoms with Gasteiger partial charge in [-0.1, -0.05) is 39.8 Å². The van der Waals surface area contributed by atoms with E-state index in [0.717, 1.165) is 22.3 Å². The predicted octanol–water partition coefficient (Wildman–Crippen LogP) is 6.20. The average molecular weight is 338 g/mol. The predicted molar refractivity (Wildman–Crippen MR) is 88.4 cm³/mol. The summed E-state index contributed by atoms with van der Waals surface area (Å²) in [4.78, 5) is 0. The Morgan fingerprint density at radius 3 is 1.67 bits per heavy atom. The van der Waals surface area contributed by atoms with Crippen LogP contribution in [-0.4, -0.2) is 11.5 Å². The van der Waals surface area contributed by atoms with E-state index in [0.29, 0.717) is 5.75 Å². The molecular formula is C19H21F3O2. The summed E-state index contributed by atoms with van der Waals surface area (Å²) in [5, 5.41) is 10.4. The molecule has 0 atom stereocenters. The van der Waals surface area contributed by atoms with Crippen LogP contribution < -0.4 is 4.74 Å². The molecule has 0 radical (unpaired) electrons. The molecule has 0 saturated carbocycles. The molecule has 0 aromatic heterocycles. The molecule has 0 saturated heterocycles. The van der Waals surface area contributed by atoms with E-state index in [1.165, 1.54) is 12.1 Å². The lowest BCUT2D eigenvalue weighted by Crippen LogP contribution is -2.16. The van der Waals surface area contributed by atoms with E-state index in [1.807, 2.05) is 39.8 Å². The van der Waals surface area contributed by atoms with Gasteiger partial charge in [0.25, 0.3) is 0 Å². The van der Waals surface area contributed by atoms with Gasteiger partial charge in [0.2, 0.25) is 0 Å². The van der Waals surface area contributed by atoms with Crippen LogP contribution in [0.5, 0.6) is 11.5 Å². The summed E-state index contributed by atoms with van der Waals surface area (Å²) in [5.41, 5.74) is 3.28. The van der Waals surface area contributed by atoms with E-state index < -0.39 is 6.36 Å². The molecule has 1 N–H and O–H groups in total. The smallest absolute Gasteiger partial charge is 0.507 e. The molecule has 0 bridgehead atoms. The van der Waals surface area contributed by atoms with Gasteiger partial charge in [0, 0.05) is 0 Å². The zero-order chi connectivity index (χ0) is 18.1. The van der Waals surface area contributed by atoms with E-state index in [1.54, 1.807) is 12.1 Å². The first-order chi connectivity index (χ1) is 11.1. The quantitative estimate of drug-likeness (QED) is 0.718. The van der Waals surface area contributed by atoms with Crippen molar-refractivity contribution < 1.29 is 23.0 Å². The summed E-state index contributed by atoms with van der Waals surface area (Å²) in [6.45, 7) is 7.96. The first-order valence-corrected chi connectivity index (χ1v) is 7.81. The molecular weight excluding hydrogens is 317 g/mol. The lowest BCUT2D eigenvalue weighted by Gasteiger charge is -2.18. The molecule has 0 aliphatic carbocycles. The number of phenolic OH excluding ortho intramolecular Hbond substituents is 1. The van der Waals surface area contributed by atoms with Gasteiger partial charge in [-0.25, -0.2) is 0 Å². The van der Waals surface area contributed by atoms with Crippen molar-refractivity contribution in [3.63, 3.8) is 0 Å². The van der Waals surface area contributed by atoms with Gasteiger partial charge in [-0.15, -0.1) is 13.2 Å². The number of hydrogen-bond acceptors (Lipinski definition) is 2. The van der Waals surface area contributed by atoms with Crippen molar-refractivity contribution in [3.8, 4) is 22.6 Å². The maximum atomic E-state index is 12.2. The third-order valence-corrected chi connectivity index (χ3v) is 3.83. The SMILES string of the molecule is CC(C)c1cc(-c2ccc(OC(F)(F)F)cc2)cc(C(C)C)c1O. The number of alkyl halides is 3. The minimum absolute atomic E-state index is 0.135. The van der Waals surface area contributed by atoms with E-state index in [-0.39, 0.29) is 17.6 Å². The highest BCUT2D eigenvalue weighted by molar-refractivity contribution is 5.68. The van der Waals surface area contributed by atoms with Crippen LogP contribution in [0.2, 0.25) is 0 Å². The third-order valence-electron chi connectivity index (χ3n) is 3.83. The Kier molecular flexibility index (Phi) is 5.11. The monoisotopic (exact) mass is 338 g/mol. The van der Waals surface area contributed by atoms with E-state index in [2.05, 4.69) is 4.74 Å². The normalized spacial score (nSPS) is 12.0. The van der Waals surface area contributed by atoms with E-state index in [4.69, 9.17) is 0 Å². The number of hydrogen-bond donors (Lipinski definition) is 1. The number of benzene rings is 2. The Bertz CT molecular complexity index is 673. The second-order valence-electron chi connectivity index (χ2n) is 6.38. The van der Waals surface area contributed by atoms with E-state index >= 15 is 0 Å². The standard InChI is InChI=1S/C19H21F3O2/c1-11(2)16-9-14(10-17(12(3)4)18(16)23)13-5-7-15(8-6-13)24-19(20,21)22/h5-12,23H,1-4H3. The summed E-state index contributed by atoms with van der Waals surface area (Å²) in [6, 6.07) is 9.51. The fourth-order valence-electron chi connectivity index (χ4n) is 2.58. The number of rotatable bonds is 4. The zero-order valence-electron chi connectivity index (χ0n) is 14.1. The van der Waals surface area contributed by atoms with Gasteiger partial charge in [0.15, 0.2) is 0 Å². The van der Waals surface area contributed by atoms with Gasteiger partial charge >= 0.3 is 6.36 Å². The Morgan fingerprint density at radius 1 is 0.833 bits per heavy atom. The second-order valence-corrected chi connectivity index (χ2v) is 6.38. The second kappa shape index (κ2) is 6.75. The summed E-state index contributed by atoms with van der Waals surface area (Å²) in [5.74, 6) is 0.310. The summed E-state index contributed by atoms with van der Waals surface area (Å²) < 4.78 is 40.6. The van der Waals surface area contributed by atoms with Crippen molar-refractivity contribution in [2.24, 2.45) is 0 Å². The molecule has 2 rings (SSSR count). The third kappa shape index (κ3) is 4.22. The fourth-order valence-corrected chi connectivity index (χ4v) is 2.58. The van der Waals surface area contributed by atoms with Crippen molar-refractivity contribution in [1.82, 2.24) is 0 Å². The molecule has 0 heterocycles. The maximum Gasteiger partial charge on any atom is 0.573 e. The Morgan fingerprint density at radius 2 is 1.29 bits per heavy atom. The first kappa shape index (κ1) is 18.2. The minimum atomic E-state index is -4.70.